The Hall–Kier alpha value is -2.81. The minimum atomic E-state index is -0.609. The summed E-state index contributed by atoms with van der Waals surface area (Å²) in [5, 5.41) is 0. The lowest BCUT2D eigenvalue weighted by Crippen LogP contribution is -2.14. The third-order valence-corrected chi connectivity index (χ3v) is 7.22. The summed E-state index contributed by atoms with van der Waals surface area (Å²) in [5.74, 6) is -0.792. The highest BCUT2D eigenvalue weighted by atomic mass is 19.1. The van der Waals surface area contributed by atoms with Gasteiger partial charge in [0, 0.05) is 0 Å². The molecule has 3 heteroatoms. The fourth-order valence-corrected chi connectivity index (χ4v) is 5.22. The molecule has 178 valence electrons. The average Bonchev–Trinajstić information content (AvgIpc) is 2.85. The van der Waals surface area contributed by atoms with Crippen LogP contribution in [0.15, 0.2) is 72.8 Å². The smallest absolute Gasteiger partial charge is 0.134 e. The van der Waals surface area contributed by atoms with Crippen molar-refractivity contribution in [3.63, 3.8) is 0 Å². The van der Waals surface area contributed by atoms with Gasteiger partial charge in [-0.25, -0.2) is 13.2 Å². The molecule has 1 saturated carbocycles. The van der Waals surface area contributed by atoms with Crippen molar-refractivity contribution >= 4 is 0 Å². The molecule has 0 N–H and O–H groups in total. The summed E-state index contributed by atoms with van der Waals surface area (Å²) in [7, 11) is 0. The van der Waals surface area contributed by atoms with Gasteiger partial charge in [-0.15, -0.1) is 0 Å². The molecule has 0 saturated heterocycles. The number of rotatable bonds is 8. The van der Waals surface area contributed by atoms with Crippen molar-refractivity contribution in [1.82, 2.24) is 0 Å². The first-order valence-electron chi connectivity index (χ1n) is 12.5. The third-order valence-electron chi connectivity index (χ3n) is 7.22. The van der Waals surface area contributed by atoms with Gasteiger partial charge in [-0.2, -0.15) is 0 Å². The molecule has 1 fully saturated rings. The van der Waals surface area contributed by atoms with Gasteiger partial charge < -0.3 is 0 Å². The lowest BCUT2D eigenvalue weighted by molar-refractivity contribution is 0.309. The van der Waals surface area contributed by atoms with Gasteiger partial charge in [-0.05, 0) is 111 Å². The molecule has 0 unspecified atom stereocenters. The first-order chi connectivity index (χ1) is 16.5. The van der Waals surface area contributed by atoms with Crippen molar-refractivity contribution in [3.05, 3.63) is 107 Å². The van der Waals surface area contributed by atoms with Crippen LogP contribution < -0.4 is 0 Å². The second-order valence-corrected chi connectivity index (χ2v) is 9.52. The van der Waals surface area contributed by atoms with E-state index in [2.05, 4.69) is 24.3 Å². The molecule has 0 nitrogen and oxygen atoms in total. The van der Waals surface area contributed by atoms with Crippen LogP contribution in [0.1, 0.15) is 68.1 Å². The molecule has 0 aliphatic heterocycles. The SMILES string of the molecule is C/C=C/CCc1ccc(-c2c(F)cc(C3CCC(CCc4ccccc4)CC3)cc2F)cc1F. The fraction of sp³-hybridized carbons (Fsp3) is 0.355. The molecule has 0 heterocycles. The Labute approximate surface area is 201 Å². The molecule has 3 aromatic carbocycles. The van der Waals surface area contributed by atoms with Gasteiger partial charge >= 0.3 is 0 Å². The standard InChI is InChI=1S/C31H33F3/c1-2-3-5-10-25-17-18-26(19-28(25)32)31-29(33)20-27(21-30(31)34)24-15-13-23(14-16-24)12-11-22-8-6-4-7-9-22/h2-4,6-9,17-21,23-24H,5,10-16H2,1H3/b3-2+. The number of benzene rings is 3. The van der Waals surface area contributed by atoms with Crippen LogP contribution in [0.25, 0.3) is 11.1 Å². The van der Waals surface area contributed by atoms with Gasteiger partial charge in [0.05, 0.1) is 5.56 Å². The van der Waals surface area contributed by atoms with Gasteiger partial charge in [-0.3, -0.25) is 0 Å². The molecule has 3 aromatic rings. The van der Waals surface area contributed by atoms with E-state index >= 15 is 8.78 Å². The topological polar surface area (TPSA) is 0 Å². The van der Waals surface area contributed by atoms with E-state index in [0.717, 1.165) is 50.5 Å². The number of aryl methyl sites for hydroxylation is 2. The van der Waals surface area contributed by atoms with Crippen molar-refractivity contribution in [2.75, 3.05) is 0 Å². The average molecular weight is 463 g/mol. The highest BCUT2D eigenvalue weighted by molar-refractivity contribution is 5.66. The van der Waals surface area contributed by atoms with Crippen LogP contribution in [0.5, 0.6) is 0 Å². The molecule has 34 heavy (non-hydrogen) atoms. The molecule has 0 aromatic heterocycles. The van der Waals surface area contributed by atoms with Crippen LogP contribution >= 0.6 is 0 Å². The largest absolute Gasteiger partial charge is 0.207 e. The Balaban J connectivity index is 1.40. The highest BCUT2D eigenvalue weighted by Crippen LogP contribution is 2.39. The van der Waals surface area contributed by atoms with Gasteiger partial charge in [-0.1, -0.05) is 54.6 Å². The molecular formula is C31H33F3. The second-order valence-electron chi connectivity index (χ2n) is 9.52. The van der Waals surface area contributed by atoms with Gasteiger partial charge in [0.2, 0.25) is 0 Å². The van der Waals surface area contributed by atoms with Crippen LogP contribution in [0, 0.1) is 23.4 Å². The molecule has 0 radical (unpaired) electrons. The van der Waals surface area contributed by atoms with Crippen LogP contribution in [0.2, 0.25) is 0 Å². The summed E-state index contributed by atoms with van der Waals surface area (Å²) in [6.07, 6.45) is 11.5. The van der Waals surface area contributed by atoms with Crippen LogP contribution in [0.4, 0.5) is 13.2 Å². The number of halogens is 3. The van der Waals surface area contributed by atoms with Crippen molar-refractivity contribution in [2.45, 2.75) is 64.2 Å². The Morgan fingerprint density at radius 1 is 0.794 bits per heavy atom. The maximum Gasteiger partial charge on any atom is 0.134 e. The van der Waals surface area contributed by atoms with E-state index in [9.17, 15) is 4.39 Å². The summed E-state index contributed by atoms with van der Waals surface area (Å²) in [6.45, 7) is 1.92. The predicted molar refractivity (Wildman–Crippen MR) is 134 cm³/mol. The molecule has 0 atom stereocenters. The van der Waals surface area contributed by atoms with Crippen LogP contribution in [-0.4, -0.2) is 0 Å². The number of hydrogen-bond donors (Lipinski definition) is 0. The summed E-state index contributed by atoms with van der Waals surface area (Å²) in [4.78, 5) is 0. The van der Waals surface area contributed by atoms with Crippen LogP contribution in [-0.2, 0) is 12.8 Å². The lowest BCUT2D eigenvalue weighted by Gasteiger charge is -2.29. The third kappa shape index (κ3) is 6.00. The lowest BCUT2D eigenvalue weighted by atomic mass is 9.76. The molecule has 1 aliphatic carbocycles. The number of hydrogen-bond acceptors (Lipinski definition) is 0. The quantitative estimate of drug-likeness (QED) is 0.293. The van der Waals surface area contributed by atoms with E-state index in [1.54, 1.807) is 12.1 Å². The van der Waals surface area contributed by atoms with E-state index < -0.39 is 17.5 Å². The molecule has 0 spiro atoms. The summed E-state index contributed by atoms with van der Waals surface area (Å²) < 4.78 is 44.6. The van der Waals surface area contributed by atoms with Crippen molar-refractivity contribution in [3.8, 4) is 11.1 Å². The summed E-state index contributed by atoms with van der Waals surface area (Å²) in [5.41, 5.74) is 2.76. The van der Waals surface area contributed by atoms with E-state index in [1.165, 1.54) is 23.8 Å². The van der Waals surface area contributed by atoms with E-state index in [4.69, 9.17) is 0 Å². The summed E-state index contributed by atoms with van der Waals surface area (Å²) >= 11 is 0. The maximum atomic E-state index is 15.0. The Morgan fingerprint density at radius 2 is 1.50 bits per heavy atom. The molecule has 1 aliphatic rings. The van der Waals surface area contributed by atoms with E-state index in [1.807, 2.05) is 25.1 Å². The maximum absolute atomic E-state index is 15.0. The van der Waals surface area contributed by atoms with Gasteiger partial charge in [0.15, 0.2) is 0 Å². The zero-order valence-electron chi connectivity index (χ0n) is 19.9. The Kier molecular flexibility index (Phi) is 8.26. The fourth-order valence-electron chi connectivity index (χ4n) is 5.22. The minimum absolute atomic E-state index is 0.140. The molecule has 0 bridgehead atoms. The van der Waals surface area contributed by atoms with E-state index in [0.29, 0.717) is 17.9 Å². The predicted octanol–water partition coefficient (Wildman–Crippen LogP) is 9.19. The summed E-state index contributed by atoms with van der Waals surface area (Å²) in [6, 6.07) is 18.0. The van der Waals surface area contributed by atoms with Crippen molar-refractivity contribution < 1.29 is 13.2 Å². The van der Waals surface area contributed by atoms with Gasteiger partial charge in [0.1, 0.15) is 17.5 Å². The Bertz CT molecular complexity index is 1090. The first-order valence-corrected chi connectivity index (χ1v) is 12.5. The zero-order chi connectivity index (χ0) is 23.9. The molecule has 4 rings (SSSR count). The van der Waals surface area contributed by atoms with Crippen molar-refractivity contribution in [1.29, 1.82) is 0 Å². The minimum Gasteiger partial charge on any atom is -0.207 e. The monoisotopic (exact) mass is 462 g/mol. The van der Waals surface area contributed by atoms with Crippen LogP contribution in [0.3, 0.4) is 0 Å². The highest BCUT2D eigenvalue weighted by Gasteiger charge is 2.24. The number of allylic oxidation sites excluding steroid dienone is 2. The first kappa shape index (κ1) is 24.3. The molecule has 0 amide bonds. The zero-order valence-corrected chi connectivity index (χ0v) is 19.9. The second kappa shape index (κ2) is 11.6. The van der Waals surface area contributed by atoms with Crippen molar-refractivity contribution in [2.24, 2.45) is 5.92 Å². The van der Waals surface area contributed by atoms with E-state index in [-0.39, 0.29) is 17.0 Å². The molecular weight excluding hydrogens is 429 g/mol. The van der Waals surface area contributed by atoms with Gasteiger partial charge in [0.25, 0.3) is 0 Å². The normalized spacial score (nSPS) is 18.5. The Morgan fingerprint density at radius 3 is 2.15 bits per heavy atom.